The molecule has 0 aliphatic rings. The first-order valence-electron chi connectivity index (χ1n) is 10.7. The molecule has 0 aliphatic carbocycles. The van der Waals surface area contributed by atoms with Gasteiger partial charge >= 0.3 is 5.97 Å². The fourth-order valence-corrected chi connectivity index (χ4v) is 2.75. The summed E-state index contributed by atoms with van der Waals surface area (Å²) in [7, 11) is 0. The van der Waals surface area contributed by atoms with Gasteiger partial charge in [0.1, 0.15) is 18.1 Å². The lowest BCUT2D eigenvalue weighted by atomic mass is 10.1. The standard InChI is InChI=1S/C19H35N7O8/c20-8-2-1-3-12(19(33)34)25-18(32)13(9-27)26-17(31)11(5-7-15(23)29)24-16(30)10(21)4-6-14(22)28/h10-13,27H,1-9,20-21H2,(H2,22,28)(H2,23,29)(H,24,30)(H,25,32)(H,26,31)(H,33,34). The molecule has 0 saturated heterocycles. The number of aliphatic carboxylic acids is 1. The molecule has 0 aromatic rings. The molecular weight excluding hydrogens is 454 g/mol. The van der Waals surface area contributed by atoms with Crippen molar-refractivity contribution in [2.75, 3.05) is 13.2 Å². The second-order valence-electron chi connectivity index (χ2n) is 7.61. The van der Waals surface area contributed by atoms with E-state index in [1.165, 1.54) is 0 Å². The molecule has 0 fully saturated rings. The zero-order valence-corrected chi connectivity index (χ0v) is 18.8. The van der Waals surface area contributed by atoms with Crippen LogP contribution in [0.5, 0.6) is 0 Å². The second-order valence-corrected chi connectivity index (χ2v) is 7.61. The van der Waals surface area contributed by atoms with Crippen LogP contribution in [0.15, 0.2) is 0 Å². The van der Waals surface area contributed by atoms with Crippen molar-refractivity contribution in [3.05, 3.63) is 0 Å². The Bertz CT molecular complexity index is 733. The molecule has 0 saturated carbocycles. The van der Waals surface area contributed by atoms with Crippen molar-refractivity contribution in [3.63, 3.8) is 0 Å². The third-order valence-corrected chi connectivity index (χ3v) is 4.73. The molecule has 4 atom stereocenters. The zero-order chi connectivity index (χ0) is 26.3. The minimum atomic E-state index is -1.54. The summed E-state index contributed by atoms with van der Waals surface area (Å²) in [6, 6.07) is -5.35. The Morgan fingerprint density at radius 3 is 1.71 bits per heavy atom. The van der Waals surface area contributed by atoms with Crippen molar-refractivity contribution in [2.24, 2.45) is 22.9 Å². The molecule has 0 aromatic heterocycles. The summed E-state index contributed by atoms with van der Waals surface area (Å²) in [5.74, 6) is -5.46. The summed E-state index contributed by atoms with van der Waals surface area (Å²) in [5.41, 5.74) is 21.1. The average Bonchev–Trinajstić information content (AvgIpc) is 2.76. The highest BCUT2D eigenvalue weighted by molar-refractivity contribution is 5.94. The van der Waals surface area contributed by atoms with E-state index in [1.54, 1.807) is 0 Å². The number of carbonyl (C=O) groups is 6. The average molecular weight is 490 g/mol. The number of carboxylic acid groups (broad SMARTS) is 1. The number of nitrogens with one attached hydrogen (secondary N) is 3. The number of unbranched alkanes of at least 4 members (excludes halogenated alkanes) is 1. The minimum Gasteiger partial charge on any atom is -0.480 e. The number of aliphatic hydroxyl groups excluding tert-OH is 1. The highest BCUT2D eigenvalue weighted by atomic mass is 16.4. The van der Waals surface area contributed by atoms with Crippen LogP contribution >= 0.6 is 0 Å². The third kappa shape index (κ3) is 12.7. The molecule has 15 heteroatoms. The molecule has 13 N–H and O–H groups in total. The van der Waals surface area contributed by atoms with Crippen molar-refractivity contribution in [1.29, 1.82) is 0 Å². The quantitative estimate of drug-likeness (QED) is 0.0831. The maximum absolute atomic E-state index is 12.7. The Hall–Kier alpha value is -3.30. The van der Waals surface area contributed by atoms with E-state index >= 15 is 0 Å². The number of nitrogens with two attached hydrogens (primary N) is 4. The topological polar surface area (TPSA) is 283 Å². The summed E-state index contributed by atoms with van der Waals surface area (Å²) >= 11 is 0. The van der Waals surface area contributed by atoms with Crippen LogP contribution in [0.3, 0.4) is 0 Å². The van der Waals surface area contributed by atoms with Gasteiger partial charge in [-0.25, -0.2) is 4.79 Å². The highest BCUT2D eigenvalue weighted by Crippen LogP contribution is 2.04. The van der Waals surface area contributed by atoms with Crippen molar-refractivity contribution in [2.45, 2.75) is 69.1 Å². The highest BCUT2D eigenvalue weighted by Gasteiger charge is 2.30. The van der Waals surface area contributed by atoms with Crippen LogP contribution in [-0.4, -0.2) is 83.0 Å². The molecule has 0 aromatic carbocycles. The number of hydrogen-bond acceptors (Lipinski definition) is 9. The van der Waals surface area contributed by atoms with Crippen molar-refractivity contribution < 1.29 is 39.0 Å². The van der Waals surface area contributed by atoms with Crippen molar-refractivity contribution >= 4 is 35.5 Å². The van der Waals surface area contributed by atoms with Gasteiger partial charge in [0.25, 0.3) is 0 Å². The molecule has 194 valence electrons. The Morgan fingerprint density at radius 1 is 0.706 bits per heavy atom. The van der Waals surface area contributed by atoms with Crippen LogP contribution in [0.2, 0.25) is 0 Å². The smallest absolute Gasteiger partial charge is 0.326 e. The van der Waals surface area contributed by atoms with Gasteiger partial charge < -0.3 is 49.1 Å². The fourth-order valence-electron chi connectivity index (χ4n) is 2.75. The first-order chi connectivity index (χ1) is 15.9. The van der Waals surface area contributed by atoms with Gasteiger partial charge in [-0.3, -0.25) is 24.0 Å². The molecule has 0 heterocycles. The summed E-state index contributed by atoms with van der Waals surface area (Å²) in [6.07, 6.45) is 0.261. The number of rotatable bonds is 18. The SMILES string of the molecule is NCCCCC(NC(=O)C(CO)NC(=O)C(CCC(N)=O)NC(=O)C(N)CCC(N)=O)C(=O)O. The van der Waals surface area contributed by atoms with E-state index in [4.69, 9.17) is 22.9 Å². The molecule has 0 bridgehead atoms. The zero-order valence-electron chi connectivity index (χ0n) is 18.8. The summed E-state index contributed by atoms with van der Waals surface area (Å²) in [4.78, 5) is 70.7. The molecule has 0 rings (SSSR count). The number of carboxylic acids is 1. The van der Waals surface area contributed by atoms with E-state index < -0.39 is 66.3 Å². The van der Waals surface area contributed by atoms with E-state index in [9.17, 15) is 39.0 Å². The van der Waals surface area contributed by atoms with Crippen molar-refractivity contribution in [1.82, 2.24) is 16.0 Å². The van der Waals surface area contributed by atoms with E-state index in [-0.39, 0.29) is 32.1 Å². The van der Waals surface area contributed by atoms with Gasteiger partial charge in [-0.15, -0.1) is 0 Å². The van der Waals surface area contributed by atoms with E-state index in [0.29, 0.717) is 19.4 Å². The van der Waals surface area contributed by atoms with E-state index in [1.807, 2.05) is 0 Å². The van der Waals surface area contributed by atoms with Crippen LogP contribution < -0.4 is 38.9 Å². The first-order valence-corrected chi connectivity index (χ1v) is 10.7. The summed E-state index contributed by atoms with van der Waals surface area (Å²) in [6.45, 7) is -0.526. The van der Waals surface area contributed by atoms with Crippen LogP contribution in [-0.2, 0) is 28.8 Å². The van der Waals surface area contributed by atoms with Gasteiger partial charge in [0.15, 0.2) is 0 Å². The largest absolute Gasteiger partial charge is 0.480 e. The van der Waals surface area contributed by atoms with Gasteiger partial charge in [0, 0.05) is 12.8 Å². The Kier molecular flexibility index (Phi) is 14.7. The lowest BCUT2D eigenvalue weighted by molar-refractivity contribution is -0.142. The molecule has 15 nitrogen and oxygen atoms in total. The molecule has 5 amide bonds. The van der Waals surface area contributed by atoms with E-state index in [0.717, 1.165) is 0 Å². The molecular formula is C19H35N7O8. The fraction of sp³-hybridized carbons (Fsp3) is 0.684. The lowest BCUT2D eigenvalue weighted by Crippen LogP contribution is -2.58. The molecule has 0 radical (unpaired) electrons. The van der Waals surface area contributed by atoms with Crippen LogP contribution in [0.4, 0.5) is 0 Å². The summed E-state index contributed by atoms with van der Waals surface area (Å²) < 4.78 is 0. The van der Waals surface area contributed by atoms with Gasteiger partial charge in [-0.2, -0.15) is 0 Å². The Morgan fingerprint density at radius 2 is 1.21 bits per heavy atom. The summed E-state index contributed by atoms with van der Waals surface area (Å²) in [5, 5.41) is 25.5. The number of aliphatic hydroxyl groups is 1. The van der Waals surface area contributed by atoms with Crippen molar-refractivity contribution in [3.8, 4) is 0 Å². The molecule has 4 unspecified atom stereocenters. The number of hydrogen-bond donors (Lipinski definition) is 9. The third-order valence-electron chi connectivity index (χ3n) is 4.73. The maximum atomic E-state index is 12.7. The van der Waals surface area contributed by atoms with E-state index in [2.05, 4.69) is 16.0 Å². The predicted octanol–water partition coefficient (Wildman–Crippen LogP) is -4.50. The maximum Gasteiger partial charge on any atom is 0.326 e. The van der Waals surface area contributed by atoms with Crippen LogP contribution in [0, 0.1) is 0 Å². The van der Waals surface area contributed by atoms with Gasteiger partial charge in [-0.1, -0.05) is 0 Å². The lowest BCUT2D eigenvalue weighted by Gasteiger charge is -2.24. The predicted molar refractivity (Wildman–Crippen MR) is 118 cm³/mol. The normalized spacial score (nSPS) is 14.2. The van der Waals surface area contributed by atoms with Gasteiger partial charge in [0.2, 0.25) is 29.5 Å². The molecule has 0 aliphatic heterocycles. The molecule has 0 spiro atoms. The van der Waals surface area contributed by atoms with Crippen LogP contribution in [0.1, 0.15) is 44.9 Å². The minimum absolute atomic E-state index is 0.0881. The van der Waals surface area contributed by atoms with Gasteiger partial charge in [-0.05, 0) is 38.6 Å². The number of carbonyl (C=O) groups excluding carboxylic acids is 5. The number of primary amides is 2. The second kappa shape index (κ2) is 16.3. The van der Waals surface area contributed by atoms with Gasteiger partial charge in [0.05, 0.1) is 12.6 Å². The molecule has 34 heavy (non-hydrogen) atoms. The Balaban J connectivity index is 5.24. The number of amides is 5. The Labute approximate surface area is 196 Å². The first kappa shape index (κ1) is 30.7. The van der Waals surface area contributed by atoms with Crippen LogP contribution in [0.25, 0.3) is 0 Å². The monoisotopic (exact) mass is 489 g/mol.